The SMILES string of the molecule is CC(C)(C)c1ccc(C(CC2CCCCO2)n2nnc3ccccc32)cc1. The molecule has 142 valence electrons. The Morgan fingerprint density at radius 1 is 1.07 bits per heavy atom. The van der Waals surface area contributed by atoms with Crippen LogP contribution in [0.25, 0.3) is 11.0 Å². The van der Waals surface area contributed by atoms with Crippen LogP contribution in [0.5, 0.6) is 0 Å². The van der Waals surface area contributed by atoms with Gasteiger partial charge in [0.05, 0.1) is 17.7 Å². The largest absolute Gasteiger partial charge is 0.378 e. The zero-order chi connectivity index (χ0) is 18.9. The summed E-state index contributed by atoms with van der Waals surface area (Å²) in [6.45, 7) is 7.62. The van der Waals surface area contributed by atoms with Crippen molar-refractivity contribution >= 4 is 11.0 Å². The molecule has 27 heavy (non-hydrogen) atoms. The van der Waals surface area contributed by atoms with Gasteiger partial charge in [0.15, 0.2) is 0 Å². The Morgan fingerprint density at radius 2 is 1.85 bits per heavy atom. The first-order chi connectivity index (χ1) is 13.0. The molecular weight excluding hydrogens is 334 g/mol. The predicted molar refractivity (Wildman–Crippen MR) is 109 cm³/mol. The van der Waals surface area contributed by atoms with E-state index in [-0.39, 0.29) is 17.6 Å². The van der Waals surface area contributed by atoms with E-state index >= 15 is 0 Å². The summed E-state index contributed by atoms with van der Waals surface area (Å²) in [4.78, 5) is 0. The summed E-state index contributed by atoms with van der Waals surface area (Å²) in [7, 11) is 0. The Bertz CT molecular complexity index is 886. The number of ether oxygens (including phenoxy) is 1. The second-order valence-corrected chi connectivity index (χ2v) is 8.63. The molecule has 4 heteroatoms. The molecule has 1 aliphatic rings. The first-order valence-corrected chi connectivity index (χ1v) is 10.0. The monoisotopic (exact) mass is 363 g/mol. The van der Waals surface area contributed by atoms with Crippen molar-refractivity contribution < 1.29 is 4.74 Å². The lowest BCUT2D eigenvalue weighted by atomic mass is 9.85. The van der Waals surface area contributed by atoms with Gasteiger partial charge in [-0.1, -0.05) is 62.4 Å². The van der Waals surface area contributed by atoms with Crippen LogP contribution >= 0.6 is 0 Å². The van der Waals surface area contributed by atoms with Crippen LogP contribution in [-0.4, -0.2) is 27.7 Å². The van der Waals surface area contributed by atoms with E-state index in [0.29, 0.717) is 0 Å². The van der Waals surface area contributed by atoms with E-state index in [9.17, 15) is 0 Å². The van der Waals surface area contributed by atoms with Crippen molar-refractivity contribution in [3.05, 3.63) is 59.7 Å². The van der Waals surface area contributed by atoms with E-state index in [4.69, 9.17) is 4.74 Å². The van der Waals surface area contributed by atoms with Gasteiger partial charge in [0.25, 0.3) is 0 Å². The van der Waals surface area contributed by atoms with Crippen LogP contribution < -0.4 is 0 Å². The van der Waals surface area contributed by atoms with Crippen molar-refractivity contribution in [1.82, 2.24) is 15.0 Å². The Kier molecular flexibility index (Phi) is 5.00. The number of aromatic nitrogens is 3. The van der Waals surface area contributed by atoms with Gasteiger partial charge >= 0.3 is 0 Å². The minimum atomic E-state index is 0.134. The topological polar surface area (TPSA) is 39.9 Å². The van der Waals surface area contributed by atoms with E-state index < -0.39 is 0 Å². The van der Waals surface area contributed by atoms with Crippen molar-refractivity contribution in [3.8, 4) is 0 Å². The molecular formula is C23H29N3O. The van der Waals surface area contributed by atoms with Crippen LogP contribution in [0, 0.1) is 0 Å². The number of para-hydroxylation sites is 1. The molecule has 1 fully saturated rings. The van der Waals surface area contributed by atoms with Crippen molar-refractivity contribution in [3.63, 3.8) is 0 Å². The second-order valence-electron chi connectivity index (χ2n) is 8.63. The van der Waals surface area contributed by atoms with Crippen molar-refractivity contribution in [2.75, 3.05) is 6.61 Å². The molecule has 3 aromatic rings. The third-order valence-corrected chi connectivity index (χ3v) is 5.59. The van der Waals surface area contributed by atoms with Crippen LogP contribution in [-0.2, 0) is 10.2 Å². The maximum atomic E-state index is 6.06. The Morgan fingerprint density at radius 3 is 2.56 bits per heavy atom. The zero-order valence-corrected chi connectivity index (χ0v) is 16.6. The normalized spacial score (nSPS) is 19.3. The fourth-order valence-electron chi connectivity index (χ4n) is 3.94. The molecule has 4 nitrogen and oxygen atoms in total. The van der Waals surface area contributed by atoms with Gasteiger partial charge < -0.3 is 4.74 Å². The average Bonchev–Trinajstić information content (AvgIpc) is 3.10. The smallest absolute Gasteiger partial charge is 0.113 e. The van der Waals surface area contributed by atoms with E-state index in [1.54, 1.807) is 0 Å². The average molecular weight is 364 g/mol. The summed E-state index contributed by atoms with van der Waals surface area (Å²) in [5.41, 5.74) is 4.80. The fourth-order valence-corrected chi connectivity index (χ4v) is 3.94. The van der Waals surface area contributed by atoms with E-state index in [0.717, 1.165) is 30.5 Å². The molecule has 0 spiro atoms. The molecule has 2 atom stereocenters. The van der Waals surface area contributed by atoms with Crippen LogP contribution in [0.1, 0.15) is 63.6 Å². The van der Waals surface area contributed by atoms with Gasteiger partial charge in [-0.3, -0.25) is 0 Å². The maximum Gasteiger partial charge on any atom is 0.113 e. The van der Waals surface area contributed by atoms with Gasteiger partial charge in [0.2, 0.25) is 0 Å². The molecule has 0 N–H and O–H groups in total. The van der Waals surface area contributed by atoms with Crippen molar-refractivity contribution in [1.29, 1.82) is 0 Å². The van der Waals surface area contributed by atoms with Crippen LogP contribution in [0.3, 0.4) is 0 Å². The Hall–Kier alpha value is -2.20. The molecule has 1 aromatic heterocycles. The Balaban J connectivity index is 1.71. The molecule has 2 unspecified atom stereocenters. The third-order valence-electron chi connectivity index (χ3n) is 5.59. The first-order valence-electron chi connectivity index (χ1n) is 10.0. The molecule has 0 aliphatic carbocycles. The van der Waals surface area contributed by atoms with E-state index in [2.05, 4.69) is 72.2 Å². The number of fused-ring (bicyclic) bond motifs is 1. The number of rotatable bonds is 4. The molecule has 1 aliphatic heterocycles. The zero-order valence-electron chi connectivity index (χ0n) is 16.6. The molecule has 2 aromatic carbocycles. The summed E-state index contributed by atoms with van der Waals surface area (Å²) in [5.74, 6) is 0. The van der Waals surface area contributed by atoms with E-state index in [1.807, 2.05) is 12.1 Å². The van der Waals surface area contributed by atoms with Crippen molar-refractivity contribution in [2.24, 2.45) is 0 Å². The van der Waals surface area contributed by atoms with Crippen molar-refractivity contribution in [2.45, 2.75) is 64.0 Å². The molecule has 0 saturated carbocycles. The van der Waals surface area contributed by atoms with Crippen LogP contribution in [0.15, 0.2) is 48.5 Å². The fraction of sp³-hybridized carbons (Fsp3) is 0.478. The third kappa shape index (κ3) is 3.91. The summed E-state index contributed by atoms with van der Waals surface area (Å²) >= 11 is 0. The minimum Gasteiger partial charge on any atom is -0.378 e. The molecule has 0 bridgehead atoms. The molecule has 1 saturated heterocycles. The molecule has 4 rings (SSSR count). The number of benzene rings is 2. The number of nitrogens with zero attached hydrogens (tertiary/aromatic N) is 3. The summed E-state index contributed by atoms with van der Waals surface area (Å²) in [6, 6.07) is 17.3. The molecule has 2 heterocycles. The van der Waals surface area contributed by atoms with Gasteiger partial charge in [0.1, 0.15) is 5.52 Å². The second kappa shape index (κ2) is 7.43. The lowest BCUT2D eigenvalue weighted by Crippen LogP contribution is -2.25. The summed E-state index contributed by atoms with van der Waals surface area (Å²) in [6.07, 6.45) is 4.77. The van der Waals surface area contributed by atoms with Gasteiger partial charge in [-0.05, 0) is 47.9 Å². The highest BCUT2D eigenvalue weighted by atomic mass is 16.5. The van der Waals surface area contributed by atoms with Gasteiger partial charge in [-0.15, -0.1) is 5.10 Å². The number of hydrogen-bond donors (Lipinski definition) is 0. The number of hydrogen-bond acceptors (Lipinski definition) is 3. The van der Waals surface area contributed by atoms with Crippen LogP contribution in [0.2, 0.25) is 0 Å². The molecule has 0 amide bonds. The highest BCUT2D eigenvalue weighted by molar-refractivity contribution is 5.74. The maximum absolute atomic E-state index is 6.06. The quantitative estimate of drug-likeness (QED) is 0.633. The van der Waals surface area contributed by atoms with Crippen LogP contribution in [0.4, 0.5) is 0 Å². The highest BCUT2D eigenvalue weighted by Gasteiger charge is 2.25. The summed E-state index contributed by atoms with van der Waals surface area (Å²) in [5, 5.41) is 8.91. The first kappa shape index (κ1) is 18.2. The molecule has 0 radical (unpaired) electrons. The standard InChI is InChI=1S/C23H29N3O/c1-23(2,3)18-13-11-17(12-14-18)22(16-19-8-6-7-15-27-19)26-21-10-5-4-9-20(21)24-25-26/h4-5,9-14,19,22H,6-8,15-16H2,1-3H3. The lowest BCUT2D eigenvalue weighted by Gasteiger charge is -2.28. The van der Waals surface area contributed by atoms with Gasteiger partial charge in [-0.2, -0.15) is 0 Å². The Labute approximate surface area is 161 Å². The predicted octanol–water partition coefficient (Wildman–Crippen LogP) is 5.28. The van der Waals surface area contributed by atoms with Gasteiger partial charge in [-0.25, -0.2) is 4.68 Å². The van der Waals surface area contributed by atoms with Gasteiger partial charge in [0, 0.05) is 13.0 Å². The summed E-state index contributed by atoms with van der Waals surface area (Å²) < 4.78 is 8.14. The minimum absolute atomic E-state index is 0.134. The highest BCUT2D eigenvalue weighted by Crippen LogP contribution is 2.31. The van der Waals surface area contributed by atoms with E-state index in [1.165, 1.54) is 24.0 Å². The lowest BCUT2D eigenvalue weighted by molar-refractivity contribution is 0.00476.